The quantitative estimate of drug-likeness (QED) is 0.108. The number of carbonyl (C=O) groups is 5. The van der Waals surface area contributed by atoms with Crippen LogP contribution < -0.4 is 0 Å². The molecule has 0 unspecified atom stereocenters. The number of aliphatic hydroxyl groups is 1. The summed E-state index contributed by atoms with van der Waals surface area (Å²) in [5.41, 5.74) is 3.04. The summed E-state index contributed by atoms with van der Waals surface area (Å²) in [5.74, 6) is -4.00. The van der Waals surface area contributed by atoms with Crippen molar-refractivity contribution in [2.75, 3.05) is 26.4 Å². The van der Waals surface area contributed by atoms with Crippen molar-refractivity contribution in [3.05, 3.63) is 113 Å². The van der Waals surface area contributed by atoms with Gasteiger partial charge >= 0.3 is 12.1 Å². The molecule has 4 rings (SSSR count). The third-order valence-corrected chi connectivity index (χ3v) is 8.16. The van der Waals surface area contributed by atoms with Gasteiger partial charge in [-0.1, -0.05) is 90.5 Å². The van der Waals surface area contributed by atoms with Gasteiger partial charge in [0.05, 0.1) is 25.7 Å². The average molecular weight is 686 g/mol. The Bertz CT molecular complexity index is 1660. The standard InChI is InChI=1S/C39H43NO10/c1-26-12-10-17-31(20-26)33(35(43)18-11-19-47-24-32(22-41)48-23-29-13-6-4-7-14-29)21-36(44)37(50-28(3)42)27(2)38(45)40-34(25-49-39(40)46)30-15-8-5-9-16-30/h4-10,12-17,20-21,27,32,34,37,41H,11,18-19,22-25H2,1-3H3/t27-,32-,34+,37-/m1/s1. The number of amides is 2. The molecule has 0 spiro atoms. The minimum absolute atomic E-state index is 0.0206. The van der Waals surface area contributed by atoms with Gasteiger partial charge in [0.2, 0.25) is 5.91 Å². The number of aliphatic hydroxyl groups excluding tert-OH is 1. The summed E-state index contributed by atoms with van der Waals surface area (Å²) in [5, 5.41) is 9.69. The van der Waals surface area contributed by atoms with Crippen LogP contribution in [0.3, 0.4) is 0 Å². The largest absolute Gasteiger partial charge is 0.453 e. The van der Waals surface area contributed by atoms with E-state index in [9.17, 15) is 29.1 Å². The van der Waals surface area contributed by atoms with Crippen molar-refractivity contribution in [2.45, 2.75) is 58.5 Å². The molecule has 1 heterocycles. The number of esters is 1. The van der Waals surface area contributed by atoms with Crippen LogP contribution in [0.2, 0.25) is 0 Å². The summed E-state index contributed by atoms with van der Waals surface area (Å²) < 4.78 is 22.0. The number of imide groups is 1. The Morgan fingerprint density at radius 1 is 1.00 bits per heavy atom. The predicted molar refractivity (Wildman–Crippen MR) is 183 cm³/mol. The van der Waals surface area contributed by atoms with Crippen LogP contribution in [0.4, 0.5) is 4.79 Å². The summed E-state index contributed by atoms with van der Waals surface area (Å²) in [6.07, 6.45) is -1.59. The van der Waals surface area contributed by atoms with E-state index in [0.717, 1.165) is 29.0 Å². The number of Topliss-reactive ketones (excluding diaryl/α,β-unsaturated/α-hetero) is 1. The van der Waals surface area contributed by atoms with E-state index in [4.69, 9.17) is 18.9 Å². The van der Waals surface area contributed by atoms with Gasteiger partial charge in [0.15, 0.2) is 17.7 Å². The van der Waals surface area contributed by atoms with E-state index in [-0.39, 0.29) is 44.2 Å². The molecule has 1 fully saturated rings. The zero-order valence-electron chi connectivity index (χ0n) is 28.5. The molecule has 0 saturated carbocycles. The Morgan fingerprint density at radius 3 is 2.36 bits per heavy atom. The number of hydrogen-bond donors (Lipinski definition) is 1. The smallest absolute Gasteiger partial charge is 0.417 e. The number of allylic oxidation sites excluding steroid dienone is 1. The second kappa shape index (κ2) is 18.7. The second-order valence-corrected chi connectivity index (χ2v) is 12.1. The molecule has 2 amide bonds. The Kier molecular flexibility index (Phi) is 14.2. The lowest BCUT2D eigenvalue weighted by Gasteiger charge is -2.27. The topological polar surface area (TPSA) is 146 Å². The molecular weight excluding hydrogens is 642 g/mol. The lowest BCUT2D eigenvalue weighted by Crippen LogP contribution is -2.45. The number of cyclic esters (lactones) is 1. The third-order valence-electron chi connectivity index (χ3n) is 8.16. The molecule has 4 atom stereocenters. The molecule has 11 heteroatoms. The predicted octanol–water partition coefficient (Wildman–Crippen LogP) is 5.18. The normalized spacial score (nSPS) is 16.3. The Labute approximate surface area is 291 Å². The van der Waals surface area contributed by atoms with E-state index in [1.165, 1.54) is 6.92 Å². The van der Waals surface area contributed by atoms with Crippen LogP contribution in [0.25, 0.3) is 5.57 Å². The van der Waals surface area contributed by atoms with Crippen molar-refractivity contribution in [3.63, 3.8) is 0 Å². The van der Waals surface area contributed by atoms with Gasteiger partial charge in [-0.3, -0.25) is 19.2 Å². The van der Waals surface area contributed by atoms with Gasteiger partial charge in [0, 0.05) is 25.5 Å². The number of aryl methyl sites for hydroxylation is 1. The zero-order chi connectivity index (χ0) is 36.0. The van der Waals surface area contributed by atoms with Crippen LogP contribution in [-0.2, 0) is 44.7 Å². The fraction of sp³-hybridized carbons (Fsp3) is 0.359. The maximum absolute atomic E-state index is 13.8. The highest BCUT2D eigenvalue weighted by Crippen LogP contribution is 2.31. The number of hydrogen-bond acceptors (Lipinski definition) is 10. The van der Waals surface area contributed by atoms with Gasteiger partial charge in [-0.25, -0.2) is 9.69 Å². The van der Waals surface area contributed by atoms with Gasteiger partial charge in [-0.15, -0.1) is 0 Å². The summed E-state index contributed by atoms with van der Waals surface area (Å²) in [7, 11) is 0. The molecule has 0 radical (unpaired) electrons. The Morgan fingerprint density at radius 2 is 1.70 bits per heavy atom. The monoisotopic (exact) mass is 685 g/mol. The molecule has 50 heavy (non-hydrogen) atoms. The first-order chi connectivity index (χ1) is 24.1. The molecular formula is C39H43NO10. The summed E-state index contributed by atoms with van der Waals surface area (Å²) in [6.45, 7) is 4.70. The van der Waals surface area contributed by atoms with Crippen molar-refractivity contribution in [2.24, 2.45) is 5.92 Å². The molecule has 0 aromatic heterocycles. The second-order valence-electron chi connectivity index (χ2n) is 12.1. The van der Waals surface area contributed by atoms with Gasteiger partial charge in [0.1, 0.15) is 18.8 Å². The molecule has 264 valence electrons. The lowest BCUT2D eigenvalue weighted by molar-refractivity contribution is -0.158. The number of carbonyl (C=O) groups excluding carboxylic acids is 5. The zero-order valence-corrected chi connectivity index (χ0v) is 28.5. The van der Waals surface area contributed by atoms with Crippen molar-refractivity contribution >= 4 is 35.1 Å². The van der Waals surface area contributed by atoms with Crippen LogP contribution in [0, 0.1) is 12.8 Å². The molecule has 1 saturated heterocycles. The minimum Gasteiger partial charge on any atom is -0.453 e. The highest BCUT2D eigenvalue weighted by atomic mass is 16.6. The SMILES string of the molecule is CC(=O)O[C@@H](C(=O)C=C(C(=O)CCCOC[C@@H](CO)OCc1ccccc1)c1cccc(C)c1)[C@@H](C)C(=O)N1C(=O)OC[C@H]1c1ccccc1. The van der Waals surface area contributed by atoms with Gasteiger partial charge < -0.3 is 24.1 Å². The molecule has 1 aliphatic rings. The Balaban J connectivity index is 1.46. The van der Waals surface area contributed by atoms with Gasteiger partial charge in [-0.2, -0.15) is 0 Å². The van der Waals surface area contributed by atoms with Crippen LogP contribution in [0.15, 0.2) is 91.0 Å². The van der Waals surface area contributed by atoms with E-state index >= 15 is 0 Å². The fourth-order valence-electron chi connectivity index (χ4n) is 5.51. The van der Waals surface area contributed by atoms with E-state index in [1.807, 2.05) is 43.3 Å². The summed E-state index contributed by atoms with van der Waals surface area (Å²) in [6, 6.07) is 24.7. The van der Waals surface area contributed by atoms with Crippen molar-refractivity contribution in [3.8, 4) is 0 Å². The first-order valence-electron chi connectivity index (χ1n) is 16.5. The molecule has 0 bridgehead atoms. The average Bonchev–Trinajstić information content (AvgIpc) is 3.51. The number of benzene rings is 3. The van der Waals surface area contributed by atoms with Gasteiger partial charge in [-0.05, 0) is 43.0 Å². The van der Waals surface area contributed by atoms with E-state index in [1.54, 1.807) is 48.5 Å². The number of rotatable bonds is 18. The summed E-state index contributed by atoms with van der Waals surface area (Å²) >= 11 is 0. The lowest BCUT2D eigenvalue weighted by atomic mass is 9.92. The Hall–Kier alpha value is -4.97. The molecule has 3 aromatic rings. The van der Waals surface area contributed by atoms with Crippen LogP contribution >= 0.6 is 0 Å². The van der Waals surface area contributed by atoms with Gasteiger partial charge in [0.25, 0.3) is 0 Å². The van der Waals surface area contributed by atoms with Crippen molar-refractivity contribution in [1.82, 2.24) is 4.90 Å². The van der Waals surface area contributed by atoms with Crippen LogP contribution in [-0.4, -0.2) is 78.2 Å². The highest BCUT2D eigenvalue weighted by molar-refractivity contribution is 6.25. The third kappa shape index (κ3) is 10.5. The van der Waals surface area contributed by atoms with Crippen molar-refractivity contribution < 1.29 is 48.0 Å². The minimum atomic E-state index is -1.62. The molecule has 1 N–H and O–H groups in total. The first kappa shape index (κ1) is 37.8. The number of ether oxygens (including phenoxy) is 4. The first-order valence-corrected chi connectivity index (χ1v) is 16.5. The molecule has 1 aliphatic heterocycles. The molecule has 0 aliphatic carbocycles. The maximum atomic E-state index is 13.8. The highest BCUT2D eigenvalue weighted by Gasteiger charge is 2.44. The van der Waals surface area contributed by atoms with E-state index < -0.39 is 47.9 Å². The maximum Gasteiger partial charge on any atom is 0.417 e. The van der Waals surface area contributed by atoms with Crippen LogP contribution in [0.5, 0.6) is 0 Å². The van der Waals surface area contributed by atoms with Crippen molar-refractivity contribution in [1.29, 1.82) is 0 Å². The molecule has 3 aromatic carbocycles. The fourth-order valence-corrected chi connectivity index (χ4v) is 5.51. The van der Waals surface area contributed by atoms with E-state index in [2.05, 4.69) is 0 Å². The number of ketones is 2. The summed E-state index contributed by atoms with van der Waals surface area (Å²) in [4.78, 5) is 67.0. The van der Waals surface area contributed by atoms with E-state index in [0.29, 0.717) is 24.2 Å². The molecule has 11 nitrogen and oxygen atoms in total. The number of nitrogens with zero attached hydrogens (tertiary/aromatic N) is 1. The van der Waals surface area contributed by atoms with Crippen LogP contribution in [0.1, 0.15) is 55.0 Å².